The Morgan fingerprint density at radius 1 is 1.19 bits per heavy atom. The lowest BCUT2D eigenvalue weighted by Gasteiger charge is -2.14. The molecule has 0 spiro atoms. The van der Waals surface area contributed by atoms with Crippen molar-refractivity contribution in [1.82, 2.24) is 9.97 Å². The van der Waals surface area contributed by atoms with Gasteiger partial charge in [0, 0.05) is 12.4 Å². The van der Waals surface area contributed by atoms with Gasteiger partial charge in [0.2, 0.25) is 5.95 Å². The van der Waals surface area contributed by atoms with E-state index in [2.05, 4.69) is 15.3 Å². The zero-order chi connectivity index (χ0) is 11.4. The van der Waals surface area contributed by atoms with E-state index in [4.69, 9.17) is 0 Å². The van der Waals surface area contributed by atoms with Crippen molar-refractivity contribution in [2.45, 2.75) is 13.0 Å². The lowest BCUT2D eigenvalue weighted by atomic mass is 10.1. The molecule has 1 N–H and O–H groups in total. The van der Waals surface area contributed by atoms with E-state index in [1.807, 2.05) is 19.1 Å². The third-order valence-corrected chi connectivity index (χ3v) is 2.29. The highest BCUT2D eigenvalue weighted by Gasteiger charge is 2.05. The van der Waals surface area contributed by atoms with E-state index in [-0.39, 0.29) is 6.04 Å². The van der Waals surface area contributed by atoms with Gasteiger partial charge in [0.05, 0.1) is 6.04 Å². The van der Waals surface area contributed by atoms with Gasteiger partial charge in [-0.2, -0.15) is 4.39 Å². The van der Waals surface area contributed by atoms with E-state index < -0.39 is 5.95 Å². The number of halogens is 1. The Morgan fingerprint density at radius 3 is 2.62 bits per heavy atom. The van der Waals surface area contributed by atoms with Crippen LogP contribution in [0, 0.1) is 5.95 Å². The van der Waals surface area contributed by atoms with Crippen molar-refractivity contribution in [3.05, 3.63) is 54.2 Å². The Morgan fingerprint density at radius 2 is 1.94 bits per heavy atom. The molecule has 0 fully saturated rings. The number of nitrogens with zero attached hydrogens (tertiary/aromatic N) is 2. The molecule has 0 aliphatic carbocycles. The van der Waals surface area contributed by atoms with Crippen LogP contribution in [0.3, 0.4) is 0 Å². The van der Waals surface area contributed by atoms with Crippen molar-refractivity contribution < 1.29 is 4.39 Å². The van der Waals surface area contributed by atoms with E-state index in [9.17, 15) is 4.39 Å². The number of rotatable bonds is 3. The van der Waals surface area contributed by atoms with Crippen molar-refractivity contribution in [3.63, 3.8) is 0 Å². The summed E-state index contributed by atoms with van der Waals surface area (Å²) in [4.78, 5) is 7.69. The van der Waals surface area contributed by atoms with E-state index in [1.165, 1.54) is 6.07 Å². The molecule has 0 aliphatic heterocycles. The van der Waals surface area contributed by atoms with Crippen LogP contribution in [-0.4, -0.2) is 9.97 Å². The summed E-state index contributed by atoms with van der Waals surface area (Å²) in [6, 6.07) is 8.58. The van der Waals surface area contributed by atoms with Crippen molar-refractivity contribution in [2.75, 3.05) is 5.32 Å². The van der Waals surface area contributed by atoms with Crippen LogP contribution in [0.1, 0.15) is 18.5 Å². The number of hydrogen-bond donors (Lipinski definition) is 1. The van der Waals surface area contributed by atoms with Crippen molar-refractivity contribution >= 4 is 5.82 Å². The van der Waals surface area contributed by atoms with Gasteiger partial charge in [-0.15, -0.1) is 0 Å². The molecule has 0 amide bonds. The fourth-order valence-corrected chi connectivity index (χ4v) is 1.45. The van der Waals surface area contributed by atoms with Crippen LogP contribution in [0.15, 0.2) is 42.7 Å². The van der Waals surface area contributed by atoms with Crippen LogP contribution >= 0.6 is 0 Å². The van der Waals surface area contributed by atoms with Gasteiger partial charge in [0.15, 0.2) is 0 Å². The Bertz CT molecular complexity index is 459. The highest BCUT2D eigenvalue weighted by molar-refractivity contribution is 5.37. The van der Waals surface area contributed by atoms with Gasteiger partial charge in [-0.05, 0) is 36.8 Å². The van der Waals surface area contributed by atoms with Gasteiger partial charge < -0.3 is 5.32 Å². The van der Waals surface area contributed by atoms with Gasteiger partial charge in [-0.25, -0.2) is 4.98 Å². The van der Waals surface area contributed by atoms with E-state index in [0.29, 0.717) is 5.82 Å². The van der Waals surface area contributed by atoms with Gasteiger partial charge in [0.25, 0.3) is 0 Å². The molecule has 0 saturated heterocycles. The topological polar surface area (TPSA) is 37.8 Å². The van der Waals surface area contributed by atoms with Gasteiger partial charge in [0.1, 0.15) is 5.82 Å². The van der Waals surface area contributed by atoms with Crippen LogP contribution < -0.4 is 5.32 Å². The molecule has 2 rings (SSSR count). The van der Waals surface area contributed by atoms with Gasteiger partial charge in [-0.3, -0.25) is 4.98 Å². The highest BCUT2D eigenvalue weighted by Crippen LogP contribution is 2.16. The first kappa shape index (κ1) is 10.5. The molecule has 82 valence electrons. The summed E-state index contributed by atoms with van der Waals surface area (Å²) < 4.78 is 12.9. The number of nitrogens with one attached hydrogen (secondary N) is 1. The molecule has 3 nitrogen and oxygen atoms in total. The average Bonchev–Trinajstić information content (AvgIpc) is 2.30. The van der Waals surface area contributed by atoms with Crippen LogP contribution in [0.25, 0.3) is 0 Å². The average molecular weight is 217 g/mol. The normalized spacial score (nSPS) is 12.1. The first-order valence-electron chi connectivity index (χ1n) is 5.05. The molecule has 0 aliphatic rings. The minimum atomic E-state index is -0.480. The monoisotopic (exact) mass is 217 g/mol. The molecule has 16 heavy (non-hydrogen) atoms. The zero-order valence-corrected chi connectivity index (χ0v) is 8.89. The smallest absolute Gasteiger partial charge is 0.214 e. The minimum absolute atomic E-state index is 0.0669. The molecular weight excluding hydrogens is 205 g/mol. The lowest BCUT2D eigenvalue weighted by molar-refractivity contribution is 0.584. The molecule has 0 bridgehead atoms. The number of hydrogen-bond acceptors (Lipinski definition) is 3. The fraction of sp³-hybridized carbons (Fsp3) is 0.167. The third kappa shape index (κ3) is 2.53. The maximum atomic E-state index is 12.9. The maximum Gasteiger partial charge on any atom is 0.214 e. The van der Waals surface area contributed by atoms with E-state index >= 15 is 0 Å². The van der Waals surface area contributed by atoms with E-state index in [1.54, 1.807) is 24.5 Å². The quantitative estimate of drug-likeness (QED) is 0.803. The molecule has 2 aromatic heterocycles. The highest BCUT2D eigenvalue weighted by atomic mass is 19.1. The number of aromatic nitrogens is 2. The summed E-state index contributed by atoms with van der Waals surface area (Å²) in [6.45, 7) is 1.99. The van der Waals surface area contributed by atoms with Crippen molar-refractivity contribution in [2.24, 2.45) is 0 Å². The first-order chi connectivity index (χ1) is 7.75. The zero-order valence-electron chi connectivity index (χ0n) is 8.89. The Hall–Kier alpha value is -1.97. The summed E-state index contributed by atoms with van der Waals surface area (Å²) in [7, 11) is 0. The molecule has 0 saturated carbocycles. The van der Waals surface area contributed by atoms with Crippen LogP contribution in [0.2, 0.25) is 0 Å². The molecule has 2 heterocycles. The Kier molecular flexibility index (Phi) is 3.10. The molecular formula is C12H12FN3. The summed E-state index contributed by atoms with van der Waals surface area (Å²) in [6.07, 6.45) is 3.46. The molecule has 1 atom stereocenters. The van der Waals surface area contributed by atoms with Crippen molar-refractivity contribution in [1.29, 1.82) is 0 Å². The lowest BCUT2D eigenvalue weighted by Crippen LogP contribution is -2.08. The summed E-state index contributed by atoms with van der Waals surface area (Å²) in [5, 5.41) is 3.12. The fourth-order valence-electron chi connectivity index (χ4n) is 1.45. The third-order valence-electron chi connectivity index (χ3n) is 2.29. The second kappa shape index (κ2) is 4.70. The summed E-state index contributed by atoms with van der Waals surface area (Å²) in [5.41, 5.74) is 1.08. The van der Waals surface area contributed by atoms with Crippen LogP contribution in [0.5, 0.6) is 0 Å². The predicted octanol–water partition coefficient (Wildman–Crippen LogP) is 2.79. The minimum Gasteiger partial charge on any atom is -0.363 e. The molecule has 0 aromatic carbocycles. The second-order valence-electron chi connectivity index (χ2n) is 3.49. The number of pyridine rings is 2. The summed E-state index contributed by atoms with van der Waals surface area (Å²) >= 11 is 0. The second-order valence-corrected chi connectivity index (χ2v) is 3.49. The van der Waals surface area contributed by atoms with Crippen molar-refractivity contribution in [3.8, 4) is 0 Å². The largest absolute Gasteiger partial charge is 0.363 e. The SMILES string of the molecule is CC(Nc1cccc(F)n1)c1ccncc1. The standard InChI is InChI=1S/C12H12FN3/c1-9(10-5-7-14-8-6-10)15-12-4-2-3-11(13)16-12/h2-9H,1H3,(H,15,16). The maximum absolute atomic E-state index is 12.9. The van der Waals surface area contributed by atoms with Gasteiger partial charge >= 0.3 is 0 Å². The van der Waals surface area contributed by atoms with Crippen LogP contribution in [-0.2, 0) is 0 Å². The van der Waals surface area contributed by atoms with Gasteiger partial charge in [-0.1, -0.05) is 6.07 Å². The molecule has 1 unspecified atom stereocenters. The molecule has 4 heteroatoms. The predicted molar refractivity (Wildman–Crippen MR) is 60.5 cm³/mol. The first-order valence-corrected chi connectivity index (χ1v) is 5.05. The van der Waals surface area contributed by atoms with E-state index in [0.717, 1.165) is 5.56 Å². The Labute approximate surface area is 93.4 Å². The molecule has 0 radical (unpaired) electrons. The summed E-state index contributed by atoms with van der Waals surface area (Å²) in [5.74, 6) is 0.0521. The Balaban J connectivity index is 2.11. The molecule has 2 aromatic rings. The number of anilines is 1. The van der Waals surface area contributed by atoms with Crippen LogP contribution in [0.4, 0.5) is 10.2 Å².